The number of ether oxygens (including phenoxy) is 2. The first kappa shape index (κ1) is 17.2. The lowest BCUT2D eigenvalue weighted by molar-refractivity contribution is -0.146. The minimum Gasteiger partial charge on any atom is -0.465 e. The van der Waals surface area contributed by atoms with E-state index in [9.17, 15) is 14.4 Å². The lowest BCUT2D eigenvalue weighted by Crippen LogP contribution is -2.29. The Balaban J connectivity index is 2.17. The van der Waals surface area contributed by atoms with E-state index in [1.165, 1.54) is 0 Å². The van der Waals surface area contributed by atoms with E-state index in [0.717, 1.165) is 19.3 Å². The predicted octanol–water partition coefficient (Wildman–Crippen LogP) is 1.44. The maximum Gasteiger partial charge on any atom is 0.334 e. The SMILES string of the molecule is C=C(CC(=O)OCCCC)C(=O)OCCN1CCCC1=O. The van der Waals surface area contributed by atoms with Gasteiger partial charge in [0.2, 0.25) is 5.91 Å². The van der Waals surface area contributed by atoms with Gasteiger partial charge in [0.15, 0.2) is 0 Å². The Bertz CT molecular complexity index is 405. The molecule has 1 saturated heterocycles. The molecule has 21 heavy (non-hydrogen) atoms. The highest BCUT2D eigenvalue weighted by Crippen LogP contribution is 2.09. The van der Waals surface area contributed by atoms with Crippen molar-refractivity contribution in [1.29, 1.82) is 0 Å². The van der Waals surface area contributed by atoms with Crippen molar-refractivity contribution in [1.82, 2.24) is 4.90 Å². The number of hydrogen-bond acceptors (Lipinski definition) is 5. The summed E-state index contributed by atoms with van der Waals surface area (Å²) in [6.07, 6.45) is 2.98. The van der Waals surface area contributed by atoms with Crippen LogP contribution in [0.25, 0.3) is 0 Å². The molecule has 1 heterocycles. The van der Waals surface area contributed by atoms with Gasteiger partial charge in [-0.1, -0.05) is 19.9 Å². The molecule has 0 aliphatic carbocycles. The van der Waals surface area contributed by atoms with E-state index in [2.05, 4.69) is 6.58 Å². The fraction of sp³-hybridized carbons (Fsp3) is 0.667. The Morgan fingerprint density at radius 2 is 2.05 bits per heavy atom. The second kappa shape index (κ2) is 9.15. The number of carbonyl (C=O) groups excluding carboxylic acids is 3. The Labute approximate surface area is 125 Å². The second-order valence-corrected chi connectivity index (χ2v) is 4.97. The largest absolute Gasteiger partial charge is 0.465 e. The fourth-order valence-corrected chi connectivity index (χ4v) is 1.92. The molecule has 118 valence electrons. The van der Waals surface area contributed by atoms with E-state index in [4.69, 9.17) is 9.47 Å². The zero-order valence-corrected chi connectivity index (χ0v) is 12.6. The number of nitrogens with zero attached hydrogens (tertiary/aromatic N) is 1. The van der Waals surface area contributed by atoms with Crippen LogP contribution in [0.2, 0.25) is 0 Å². The van der Waals surface area contributed by atoms with Crippen LogP contribution in [0.1, 0.15) is 39.0 Å². The summed E-state index contributed by atoms with van der Waals surface area (Å²) in [5.74, 6) is -1.00. The third kappa shape index (κ3) is 6.42. The molecule has 0 aromatic rings. The van der Waals surface area contributed by atoms with Crippen LogP contribution in [0, 0.1) is 0 Å². The van der Waals surface area contributed by atoms with Gasteiger partial charge >= 0.3 is 11.9 Å². The van der Waals surface area contributed by atoms with E-state index < -0.39 is 11.9 Å². The summed E-state index contributed by atoms with van der Waals surface area (Å²) < 4.78 is 9.94. The standard InChI is InChI=1S/C15H23NO5/c1-3-4-9-20-14(18)11-12(2)15(19)21-10-8-16-7-5-6-13(16)17/h2-11H2,1H3. The monoisotopic (exact) mass is 297 g/mol. The number of likely N-dealkylation sites (tertiary alicyclic amines) is 1. The maximum atomic E-state index is 11.6. The molecular weight excluding hydrogens is 274 g/mol. The molecule has 0 bridgehead atoms. The van der Waals surface area contributed by atoms with Crippen molar-refractivity contribution in [2.24, 2.45) is 0 Å². The van der Waals surface area contributed by atoms with Crippen LogP contribution in [-0.4, -0.2) is 49.0 Å². The van der Waals surface area contributed by atoms with E-state index >= 15 is 0 Å². The number of hydrogen-bond donors (Lipinski definition) is 0. The summed E-state index contributed by atoms with van der Waals surface area (Å²) in [6.45, 7) is 7.10. The van der Waals surface area contributed by atoms with Gasteiger partial charge in [-0.25, -0.2) is 4.79 Å². The molecule has 0 spiro atoms. The first-order valence-corrected chi connectivity index (χ1v) is 7.33. The number of carbonyl (C=O) groups is 3. The highest BCUT2D eigenvalue weighted by atomic mass is 16.5. The Morgan fingerprint density at radius 3 is 2.67 bits per heavy atom. The zero-order valence-electron chi connectivity index (χ0n) is 12.6. The van der Waals surface area contributed by atoms with Crippen LogP contribution >= 0.6 is 0 Å². The summed E-state index contributed by atoms with van der Waals surface area (Å²) in [4.78, 5) is 36.1. The van der Waals surface area contributed by atoms with Gasteiger partial charge in [0.25, 0.3) is 0 Å². The minimum absolute atomic E-state index is 0.0734. The van der Waals surface area contributed by atoms with Gasteiger partial charge in [0.1, 0.15) is 6.61 Å². The molecule has 0 aromatic carbocycles. The average Bonchev–Trinajstić information content (AvgIpc) is 2.84. The minimum atomic E-state index is -0.617. The average molecular weight is 297 g/mol. The van der Waals surface area contributed by atoms with Crippen molar-refractivity contribution in [3.05, 3.63) is 12.2 Å². The lowest BCUT2D eigenvalue weighted by atomic mass is 10.2. The number of esters is 2. The van der Waals surface area contributed by atoms with Crippen LogP contribution in [0.4, 0.5) is 0 Å². The van der Waals surface area contributed by atoms with Crippen LogP contribution < -0.4 is 0 Å². The van der Waals surface area contributed by atoms with Gasteiger partial charge in [-0.2, -0.15) is 0 Å². The predicted molar refractivity (Wildman–Crippen MR) is 76.4 cm³/mol. The number of unbranched alkanes of at least 4 members (excludes halogenated alkanes) is 1. The molecule has 1 fully saturated rings. The smallest absolute Gasteiger partial charge is 0.334 e. The van der Waals surface area contributed by atoms with Gasteiger partial charge in [0, 0.05) is 18.5 Å². The summed E-state index contributed by atoms with van der Waals surface area (Å²) >= 11 is 0. The third-order valence-corrected chi connectivity index (χ3v) is 3.17. The molecule has 0 aromatic heterocycles. The lowest BCUT2D eigenvalue weighted by Gasteiger charge is -2.15. The van der Waals surface area contributed by atoms with Crippen molar-refractivity contribution >= 4 is 17.8 Å². The Hall–Kier alpha value is -1.85. The van der Waals surface area contributed by atoms with Crippen molar-refractivity contribution < 1.29 is 23.9 Å². The topological polar surface area (TPSA) is 72.9 Å². The molecule has 0 N–H and O–H groups in total. The highest BCUT2D eigenvalue weighted by Gasteiger charge is 2.20. The van der Waals surface area contributed by atoms with Crippen molar-refractivity contribution in [2.45, 2.75) is 39.0 Å². The summed E-state index contributed by atoms with van der Waals surface area (Å²) in [5, 5.41) is 0. The third-order valence-electron chi connectivity index (χ3n) is 3.17. The molecule has 1 rings (SSSR count). The van der Waals surface area contributed by atoms with Gasteiger partial charge in [0.05, 0.1) is 19.6 Å². The van der Waals surface area contributed by atoms with Crippen molar-refractivity contribution in [3.8, 4) is 0 Å². The maximum absolute atomic E-state index is 11.6. The number of rotatable bonds is 9. The van der Waals surface area contributed by atoms with Gasteiger partial charge in [-0.3, -0.25) is 9.59 Å². The molecule has 6 heteroatoms. The Morgan fingerprint density at radius 1 is 1.29 bits per heavy atom. The molecule has 1 amide bonds. The Kier molecular flexibility index (Phi) is 7.50. The van der Waals surface area contributed by atoms with Crippen LogP contribution in [0.3, 0.4) is 0 Å². The molecule has 0 saturated carbocycles. The second-order valence-electron chi connectivity index (χ2n) is 4.97. The molecule has 0 unspecified atom stereocenters. The van der Waals surface area contributed by atoms with Gasteiger partial charge in [-0.05, 0) is 12.8 Å². The molecule has 6 nitrogen and oxygen atoms in total. The number of amides is 1. The first-order valence-electron chi connectivity index (χ1n) is 7.33. The van der Waals surface area contributed by atoms with Gasteiger partial charge in [-0.15, -0.1) is 0 Å². The summed E-state index contributed by atoms with van der Waals surface area (Å²) in [7, 11) is 0. The summed E-state index contributed by atoms with van der Waals surface area (Å²) in [6, 6.07) is 0. The van der Waals surface area contributed by atoms with Crippen molar-refractivity contribution in [3.63, 3.8) is 0 Å². The van der Waals surface area contributed by atoms with Crippen LogP contribution in [0.15, 0.2) is 12.2 Å². The molecule has 1 aliphatic rings. The molecule has 0 atom stereocenters. The normalized spacial score (nSPS) is 14.1. The first-order chi connectivity index (χ1) is 10.0. The van der Waals surface area contributed by atoms with E-state index in [1.54, 1.807) is 4.90 Å². The van der Waals surface area contributed by atoms with E-state index in [-0.39, 0.29) is 24.5 Å². The molecule has 0 radical (unpaired) electrons. The van der Waals surface area contributed by atoms with E-state index in [1.807, 2.05) is 6.92 Å². The van der Waals surface area contributed by atoms with Crippen LogP contribution in [-0.2, 0) is 23.9 Å². The molecule has 1 aliphatic heterocycles. The highest BCUT2D eigenvalue weighted by molar-refractivity contribution is 5.93. The van der Waals surface area contributed by atoms with Gasteiger partial charge < -0.3 is 14.4 Å². The van der Waals surface area contributed by atoms with Crippen molar-refractivity contribution in [2.75, 3.05) is 26.3 Å². The summed E-state index contributed by atoms with van der Waals surface area (Å²) in [5.41, 5.74) is 0.0734. The molecular formula is C15H23NO5. The van der Waals surface area contributed by atoms with Crippen LogP contribution in [0.5, 0.6) is 0 Å². The van der Waals surface area contributed by atoms with E-state index in [0.29, 0.717) is 26.1 Å². The zero-order chi connectivity index (χ0) is 15.7. The quantitative estimate of drug-likeness (QED) is 0.366. The fourth-order valence-electron chi connectivity index (χ4n) is 1.92.